The van der Waals surface area contributed by atoms with Crippen molar-refractivity contribution in [3.8, 4) is 0 Å². The third kappa shape index (κ3) is 2.85. The van der Waals surface area contributed by atoms with Crippen molar-refractivity contribution in [3.05, 3.63) is 28.8 Å². The third-order valence-corrected chi connectivity index (χ3v) is 5.58. The van der Waals surface area contributed by atoms with Gasteiger partial charge in [-0.05, 0) is 25.7 Å². The van der Waals surface area contributed by atoms with E-state index in [-0.39, 0.29) is 5.30 Å². The summed E-state index contributed by atoms with van der Waals surface area (Å²) in [6, 6.07) is 0. The summed E-state index contributed by atoms with van der Waals surface area (Å²) in [5, 5.41) is -0.239. The van der Waals surface area contributed by atoms with E-state index >= 15 is 0 Å². The number of unbranched alkanes of at least 4 members (excludes halogenated alkanes) is 1. The summed E-state index contributed by atoms with van der Waals surface area (Å²) in [7, 11) is -1.10. The van der Waals surface area contributed by atoms with Crippen molar-refractivity contribution in [1.29, 1.82) is 0 Å². The van der Waals surface area contributed by atoms with Crippen LogP contribution < -0.4 is 5.30 Å². The fourth-order valence-electron chi connectivity index (χ4n) is 1.79. The van der Waals surface area contributed by atoms with Crippen LogP contribution >= 0.6 is 7.92 Å². The van der Waals surface area contributed by atoms with Crippen molar-refractivity contribution in [3.63, 3.8) is 0 Å². The van der Waals surface area contributed by atoms with Gasteiger partial charge in [-0.3, -0.25) is 0 Å². The van der Waals surface area contributed by atoms with Crippen LogP contribution in [-0.4, -0.2) is 12.3 Å². The van der Waals surface area contributed by atoms with Gasteiger partial charge in [0.25, 0.3) is 0 Å². The van der Waals surface area contributed by atoms with Gasteiger partial charge in [0.2, 0.25) is 0 Å². The first-order chi connectivity index (χ1) is 8.45. The van der Waals surface area contributed by atoms with Crippen molar-refractivity contribution >= 4 is 13.2 Å². The molecule has 0 spiro atoms. The van der Waals surface area contributed by atoms with Crippen LogP contribution in [0.2, 0.25) is 0 Å². The highest BCUT2D eigenvalue weighted by Crippen LogP contribution is 2.38. The summed E-state index contributed by atoms with van der Waals surface area (Å²) in [6.45, 7) is 4.93. The summed E-state index contributed by atoms with van der Waals surface area (Å²) < 4.78 is 54.2. The molecule has 0 nitrogen and oxygen atoms in total. The molecule has 0 amide bonds. The largest absolute Gasteiger partial charge is 0.206 e. The highest BCUT2D eigenvalue weighted by atomic mass is 31.1. The second kappa shape index (κ2) is 6.51. The molecule has 0 aliphatic heterocycles. The molecule has 1 atom stereocenters. The summed E-state index contributed by atoms with van der Waals surface area (Å²) in [4.78, 5) is 0. The summed E-state index contributed by atoms with van der Waals surface area (Å²) >= 11 is 0. The van der Waals surface area contributed by atoms with Gasteiger partial charge in [-0.2, -0.15) is 0 Å². The molecule has 0 N–H and O–H groups in total. The van der Waals surface area contributed by atoms with Crippen LogP contribution in [0.5, 0.6) is 0 Å². The minimum Gasteiger partial charge on any atom is -0.206 e. The number of rotatable bonds is 5. The molecule has 102 valence electrons. The molecule has 1 aromatic rings. The molecule has 0 aliphatic rings. The summed E-state index contributed by atoms with van der Waals surface area (Å²) in [5.74, 6) is -5.24. The molecule has 0 aliphatic carbocycles. The Kier molecular flexibility index (Phi) is 5.58. The average Bonchev–Trinajstić information content (AvgIpc) is 2.38. The van der Waals surface area contributed by atoms with Crippen LogP contribution in [0, 0.1) is 30.2 Å². The van der Waals surface area contributed by atoms with Crippen molar-refractivity contribution in [1.82, 2.24) is 0 Å². The van der Waals surface area contributed by atoms with Crippen molar-refractivity contribution in [2.24, 2.45) is 0 Å². The average molecular weight is 280 g/mol. The first kappa shape index (κ1) is 15.4. The van der Waals surface area contributed by atoms with Gasteiger partial charge in [0.05, 0.1) is 5.30 Å². The first-order valence-corrected chi connectivity index (χ1v) is 7.74. The van der Waals surface area contributed by atoms with E-state index in [1.165, 1.54) is 0 Å². The minimum absolute atomic E-state index is 0.239. The third-order valence-electron chi connectivity index (χ3n) is 2.94. The van der Waals surface area contributed by atoms with Crippen LogP contribution in [0.4, 0.5) is 17.6 Å². The first-order valence-electron chi connectivity index (χ1n) is 6.03. The molecular formula is C13H17F4P. The van der Waals surface area contributed by atoms with Crippen LogP contribution in [0.3, 0.4) is 0 Å². The molecular weight excluding hydrogens is 263 g/mol. The van der Waals surface area contributed by atoms with E-state index in [2.05, 4.69) is 0 Å². The molecule has 1 aromatic carbocycles. The van der Waals surface area contributed by atoms with Crippen LogP contribution in [0.25, 0.3) is 0 Å². The molecule has 0 bridgehead atoms. The van der Waals surface area contributed by atoms with Gasteiger partial charge in [0, 0.05) is 5.56 Å². The second-order valence-electron chi connectivity index (χ2n) is 4.16. The fraction of sp³-hybridized carbons (Fsp3) is 0.538. The predicted octanol–water partition coefficient (Wildman–Crippen LogP) is 4.48. The maximum absolute atomic E-state index is 13.9. The van der Waals surface area contributed by atoms with E-state index in [1.54, 1.807) is 0 Å². The highest BCUT2D eigenvalue weighted by Gasteiger charge is 2.27. The molecule has 1 rings (SSSR count). The second-order valence-corrected chi connectivity index (χ2v) is 6.77. The topological polar surface area (TPSA) is 0 Å². The van der Waals surface area contributed by atoms with Gasteiger partial charge in [-0.15, -0.1) is 0 Å². The Morgan fingerprint density at radius 1 is 0.889 bits per heavy atom. The molecule has 0 fully saturated rings. The lowest BCUT2D eigenvalue weighted by atomic mass is 10.2. The number of hydrogen-bond donors (Lipinski definition) is 0. The normalized spacial score (nSPS) is 12.8. The smallest absolute Gasteiger partial charge is 0.195 e. The van der Waals surface area contributed by atoms with E-state index in [1.807, 2.05) is 13.8 Å². The Hall–Kier alpha value is -0.630. The van der Waals surface area contributed by atoms with Crippen molar-refractivity contribution in [2.75, 3.05) is 12.3 Å². The predicted molar refractivity (Wildman–Crippen MR) is 67.9 cm³/mol. The van der Waals surface area contributed by atoms with Gasteiger partial charge >= 0.3 is 0 Å². The zero-order chi connectivity index (χ0) is 13.9. The number of halogens is 4. The van der Waals surface area contributed by atoms with Gasteiger partial charge in [-0.1, -0.05) is 28.2 Å². The lowest BCUT2D eigenvalue weighted by molar-refractivity contribution is 0.435. The Morgan fingerprint density at radius 3 is 2.00 bits per heavy atom. The number of hydrogen-bond acceptors (Lipinski definition) is 0. The fourth-order valence-corrected chi connectivity index (χ4v) is 4.17. The lowest BCUT2D eigenvalue weighted by Crippen LogP contribution is -2.20. The summed E-state index contributed by atoms with van der Waals surface area (Å²) in [5.41, 5.74) is -0.429. The molecule has 1 unspecified atom stereocenters. The van der Waals surface area contributed by atoms with Crippen molar-refractivity contribution < 1.29 is 17.6 Å². The zero-order valence-electron chi connectivity index (χ0n) is 10.8. The Labute approximate surface area is 106 Å². The quantitative estimate of drug-likeness (QED) is 0.323. The molecule has 0 heterocycles. The SMILES string of the molecule is CCCCP(CC)c1c(F)c(C)c(F)c(F)c1F. The van der Waals surface area contributed by atoms with Gasteiger partial charge in [0.15, 0.2) is 17.5 Å². The zero-order valence-corrected chi connectivity index (χ0v) is 11.7. The Morgan fingerprint density at radius 2 is 1.50 bits per heavy atom. The highest BCUT2D eigenvalue weighted by molar-refractivity contribution is 7.65. The number of benzene rings is 1. The molecule has 0 saturated carbocycles. The van der Waals surface area contributed by atoms with E-state index in [4.69, 9.17) is 0 Å². The standard InChI is InChI=1S/C13H17F4P/c1-4-6-7-18(5-2)13-10(15)8(3)9(14)11(16)12(13)17/h4-7H2,1-3H3. The summed E-state index contributed by atoms with van der Waals surface area (Å²) in [6.07, 6.45) is 2.94. The maximum Gasteiger partial charge on any atom is 0.195 e. The van der Waals surface area contributed by atoms with Gasteiger partial charge < -0.3 is 0 Å². The molecule has 18 heavy (non-hydrogen) atoms. The van der Waals surface area contributed by atoms with E-state index < -0.39 is 36.8 Å². The lowest BCUT2D eigenvalue weighted by Gasteiger charge is -2.19. The van der Waals surface area contributed by atoms with Crippen LogP contribution in [0.1, 0.15) is 32.3 Å². The molecule has 5 heteroatoms. The Bertz CT molecular complexity index is 402. The minimum atomic E-state index is -1.55. The molecule has 0 aromatic heterocycles. The Balaban J connectivity index is 3.30. The monoisotopic (exact) mass is 280 g/mol. The van der Waals surface area contributed by atoms with Crippen LogP contribution in [-0.2, 0) is 0 Å². The van der Waals surface area contributed by atoms with E-state index in [0.717, 1.165) is 19.8 Å². The van der Waals surface area contributed by atoms with E-state index in [9.17, 15) is 17.6 Å². The maximum atomic E-state index is 13.9. The molecule has 0 radical (unpaired) electrons. The van der Waals surface area contributed by atoms with Crippen LogP contribution in [0.15, 0.2) is 0 Å². The van der Waals surface area contributed by atoms with Gasteiger partial charge in [-0.25, -0.2) is 17.6 Å². The molecule has 0 saturated heterocycles. The van der Waals surface area contributed by atoms with Gasteiger partial charge in [0.1, 0.15) is 5.82 Å². The van der Waals surface area contributed by atoms with Crippen molar-refractivity contribution in [2.45, 2.75) is 33.6 Å². The van der Waals surface area contributed by atoms with E-state index in [0.29, 0.717) is 12.3 Å².